The number of fused-ring (bicyclic) bond motifs is 2. The summed E-state index contributed by atoms with van der Waals surface area (Å²) in [5, 5.41) is 30.7. The van der Waals surface area contributed by atoms with Gasteiger partial charge in [-0.3, -0.25) is 4.79 Å². The zero-order valence-electron chi connectivity index (χ0n) is 22.8. The number of amides is 1. The summed E-state index contributed by atoms with van der Waals surface area (Å²) in [5.74, 6) is 1.21. The number of aliphatic hydroxyl groups is 2. The number of carbonyl (C=O) groups is 1. The van der Waals surface area contributed by atoms with E-state index in [1.807, 2.05) is 42.6 Å². The van der Waals surface area contributed by atoms with Crippen LogP contribution in [0.25, 0.3) is 0 Å². The molecule has 1 amide bonds. The number of thiophene rings is 1. The van der Waals surface area contributed by atoms with E-state index in [0.29, 0.717) is 42.4 Å². The molecule has 1 saturated carbocycles. The van der Waals surface area contributed by atoms with E-state index in [9.17, 15) is 15.0 Å². The van der Waals surface area contributed by atoms with Crippen molar-refractivity contribution in [3.05, 3.63) is 51.2 Å². The molecule has 0 saturated heterocycles. The van der Waals surface area contributed by atoms with Gasteiger partial charge in [0.25, 0.3) is 0 Å². The Morgan fingerprint density at radius 1 is 1.23 bits per heavy atom. The topological polar surface area (TPSA) is 113 Å². The van der Waals surface area contributed by atoms with Crippen molar-refractivity contribution >= 4 is 39.4 Å². The summed E-state index contributed by atoms with van der Waals surface area (Å²) in [6.45, 7) is 4.60. The van der Waals surface area contributed by atoms with Gasteiger partial charge in [-0.2, -0.15) is 0 Å². The van der Waals surface area contributed by atoms with Crippen LogP contribution < -0.4 is 20.1 Å². The molecule has 1 aromatic carbocycles. The molecule has 10 heteroatoms. The minimum absolute atomic E-state index is 0.000927. The van der Waals surface area contributed by atoms with Crippen molar-refractivity contribution in [3.63, 3.8) is 0 Å². The van der Waals surface area contributed by atoms with Crippen LogP contribution in [0.4, 0.5) is 10.8 Å². The third-order valence-electron chi connectivity index (χ3n) is 8.97. The zero-order chi connectivity index (χ0) is 27.8. The Morgan fingerprint density at radius 2 is 2.05 bits per heavy atom. The van der Waals surface area contributed by atoms with Crippen LogP contribution in [0, 0.1) is 16.7 Å². The summed E-state index contributed by atoms with van der Waals surface area (Å²) in [7, 11) is 3.24. The number of carbonyl (C=O) groups excluding carboxylic acids is 1. The van der Waals surface area contributed by atoms with Crippen LogP contribution in [0.2, 0.25) is 0 Å². The highest BCUT2D eigenvalue weighted by molar-refractivity contribution is 7.15. The largest absolute Gasteiger partial charge is 0.497 e. The highest BCUT2D eigenvalue weighted by Gasteiger charge is 2.59. The van der Waals surface area contributed by atoms with E-state index < -0.39 is 11.5 Å². The van der Waals surface area contributed by atoms with Crippen molar-refractivity contribution < 1.29 is 24.5 Å². The molecule has 4 N–H and O–H groups in total. The molecule has 2 aromatic heterocycles. The van der Waals surface area contributed by atoms with Crippen molar-refractivity contribution in [3.8, 4) is 11.5 Å². The van der Waals surface area contributed by atoms with Gasteiger partial charge >= 0.3 is 0 Å². The van der Waals surface area contributed by atoms with Crippen LogP contribution in [-0.4, -0.2) is 48.0 Å². The lowest BCUT2D eigenvalue weighted by molar-refractivity contribution is -0.144. The summed E-state index contributed by atoms with van der Waals surface area (Å²) < 4.78 is 11.0. The first-order chi connectivity index (χ1) is 18.7. The number of nitrogens with zero attached hydrogens (tertiary/aromatic N) is 1. The Morgan fingerprint density at radius 3 is 2.74 bits per heavy atom. The fourth-order valence-electron chi connectivity index (χ4n) is 6.58. The van der Waals surface area contributed by atoms with Crippen LogP contribution in [0.3, 0.4) is 0 Å². The number of hydrogen-bond acceptors (Lipinski definition) is 9. The van der Waals surface area contributed by atoms with Gasteiger partial charge in [0.05, 0.1) is 44.9 Å². The fourth-order valence-corrected chi connectivity index (χ4v) is 8.31. The average Bonchev–Trinajstić information content (AvgIpc) is 3.60. The molecular weight excluding hydrogens is 534 g/mol. The number of rotatable bonds is 9. The molecule has 3 aromatic rings. The predicted octanol–water partition coefficient (Wildman–Crippen LogP) is 5.09. The van der Waals surface area contributed by atoms with E-state index in [2.05, 4.69) is 17.6 Å². The highest BCUT2D eigenvalue weighted by Crippen LogP contribution is 2.63. The molecule has 210 valence electrons. The number of thiazole rings is 1. The molecule has 1 fully saturated rings. The van der Waals surface area contributed by atoms with Gasteiger partial charge in [-0.25, -0.2) is 4.98 Å². The number of nitrogens with one attached hydrogen (secondary N) is 2. The maximum absolute atomic E-state index is 13.3. The number of anilines is 2. The number of hydrogen-bond donors (Lipinski definition) is 4. The molecule has 39 heavy (non-hydrogen) atoms. The molecule has 0 radical (unpaired) electrons. The van der Waals surface area contributed by atoms with E-state index in [4.69, 9.17) is 14.5 Å². The first kappa shape index (κ1) is 27.9. The van der Waals surface area contributed by atoms with Crippen LogP contribution in [0.5, 0.6) is 11.5 Å². The Labute approximate surface area is 237 Å². The highest BCUT2D eigenvalue weighted by atomic mass is 32.1. The maximum atomic E-state index is 13.3. The van der Waals surface area contributed by atoms with E-state index in [0.717, 1.165) is 27.6 Å². The van der Waals surface area contributed by atoms with Crippen LogP contribution in [-0.2, 0) is 17.8 Å². The number of aromatic nitrogens is 1. The molecule has 0 aliphatic heterocycles. The Hall–Kier alpha value is -2.66. The van der Waals surface area contributed by atoms with Crippen LogP contribution >= 0.6 is 22.7 Å². The number of benzene rings is 1. The van der Waals surface area contributed by atoms with E-state index >= 15 is 0 Å². The Kier molecular flexibility index (Phi) is 7.92. The first-order valence-electron chi connectivity index (χ1n) is 13.3. The third-order valence-corrected chi connectivity index (χ3v) is 10.9. The fraction of sp³-hybridized carbons (Fsp3) is 0.517. The minimum atomic E-state index is -0.663. The van der Waals surface area contributed by atoms with Gasteiger partial charge < -0.3 is 30.3 Å². The predicted molar refractivity (Wildman–Crippen MR) is 154 cm³/mol. The molecule has 2 aliphatic carbocycles. The second-order valence-corrected chi connectivity index (χ2v) is 13.2. The second-order valence-electron chi connectivity index (χ2n) is 11.1. The third kappa shape index (κ3) is 5.15. The quantitative estimate of drug-likeness (QED) is 0.283. The van der Waals surface area contributed by atoms with Gasteiger partial charge in [-0.15, -0.1) is 22.7 Å². The van der Waals surface area contributed by atoms with Crippen molar-refractivity contribution in [1.82, 2.24) is 10.3 Å². The zero-order valence-corrected chi connectivity index (χ0v) is 24.5. The van der Waals surface area contributed by atoms with E-state index in [1.54, 1.807) is 36.9 Å². The van der Waals surface area contributed by atoms with Crippen molar-refractivity contribution in [1.29, 1.82) is 0 Å². The lowest BCUT2D eigenvalue weighted by Crippen LogP contribution is -2.57. The Balaban J connectivity index is 1.50. The van der Waals surface area contributed by atoms with E-state index in [1.165, 1.54) is 0 Å². The van der Waals surface area contributed by atoms with Gasteiger partial charge in [0.1, 0.15) is 11.5 Å². The summed E-state index contributed by atoms with van der Waals surface area (Å²) >= 11 is 3.18. The van der Waals surface area contributed by atoms with Crippen molar-refractivity contribution in [2.24, 2.45) is 16.7 Å². The summed E-state index contributed by atoms with van der Waals surface area (Å²) in [4.78, 5) is 20.6. The molecule has 5 unspecified atom stereocenters. The minimum Gasteiger partial charge on any atom is -0.497 e. The van der Waals surface area contributed by atoms with Crippen molar-refractivity contribution in [2.45, 2.75) is 58.1 Å². The average molecular weight is 572 g/mol. The monoisotopic (exact) mass is 571 g/mol. The van der Waals surface area contributed by atoms with Gasteiger partial charge in [-0.1, -0.05) is 19.9 Å². The lowest BCUT2D eigenvalue weighted by atomic mass is 9.47. The van der Waals surface area contributed by atoms with Gasteiger partial charge in [0.15, 0.2) is 5.13 Å². The number of aliphatic hydroxyl groups excluding tert-OH is 2. The number of ether oxygens (including phenoxy) is 2. The van der Waals surface area contributed by atoms with Crippen molar-refractivity contribution in [2.75, 3.05) is 26.1 Å². The molecule has 5 atom stereocenters. The van der Waals surface area contributed by atoms with Gasteiger partial charge in [-0.05, 0) is 54.2 Å². The molecule has 0 bridgehead atoms. The Bertz CT molecular complexity index is 1310. The van der Waals surface area contributed by atoms with Gasteiger partial charge in [0, 0.05) is 33.6 Å². The molecule has 8 nitrogen and oxygen atoms in total. The second kappa shape index (κ2) is 11.1. The summed E-state index contributed by atoms with van der Waals surface area (Å²) in [6, 6.07) is 9.55. The molecule has 2 heterocycles. The standard InChI is InChI=1S/C29H37N3O5S2/c1-28-10-9-24(34)29(2,16-33)23(28)14-22-26(19(28)13-25(35)30-15-18-6-5-11-38-18)32-27(39-22)31-20-12-17(36-3)7-8-21(20)37-4/h5-8,11-12,19,23-24,33-34H,9-10,13-16H2,1-4H3,(H,30,35)(H,31,32). The smallest absolute Gasteiger partial charge is 0.220 e. The molecular formula is C29H37N3O5S2. The normalized spacial score (nSPS) is 27.8. The summed E-state index contributed by atoms with van der Waals surface area (Å²) in [6.07, 6.45) is 1.75. The lowest BCUT2D eigenvalue weighted by Gasteiger charge is -2.58. The molecule has 0 spiro atoms. The molecule has 2 aliphatic rings. The van der Waals surface area contributed by atoms with Gasteiger partial charge in [0.2, 0.25) is 5.91 Å². The maximum Gasteiger partial charge on any atom is 0.220 e. The van der Waals surface area contributed by atoms with Crippen LogP contribution in [0.1, 0.15) is 54.5 Å². The number of methoxy groups -OCH3 is 2. The molecule has 5 rings (SSSR count). The van der Waals surface area contributed by atoms with E-state index in [-0.39, 0.29) is 29.8 Å². The first-order valence-corrected chi connectivity index (χ1v) is 15.0. The SMILES string of the molecule is COc1ccc(OC)c(Nc2nc3c(s2)CC2C(C)(CO)C(O)CCC2(C)C3CC(=O)NCc2cccs2)c1. The van der Waals surface area contributed by atoms with Crippen LogP contribution in [0.15, 0.2) is 35.7 Å². The summed E-state index contributed by atoms with van der Waals surface area (Å²) in [5.41, 5.74) is 0.714.